The second-order valence-electron chi connectivity index (χ2n) is 13.3. The van der Waals surface area contributed by atoms with Crippen LogP contribution in [-0.2, 0) is 5.41 Å². The van der Waals surface area contributed by atoms with Crippen molar-refractivity contribution in [2.75, 3.05) is 11.5 Å². The van der Waals surface area contributed by atoms with Crippen molar-refractivity contribution < 1.29 is 0 Å². The molecule has 4 N–H and O–H groups in total. The van der Waals surface area contributed by atoms with E-state index in [1.807, 2.05) is 12.1 Å². The number of nitrogen functional groups attached to an aromatic ring is 2. The summed E-state index contributed by atoms with van der Waals surface area (Å²) in [5.41, 5.74) is 24.8. The molecule has 0 spiro atoms. The van der Waals surface area contributed by atoms with Crippen molar-refractivity contribution in [1.29, 1.82) is 0 Å². The van der Waals surface area contributed by atoms with E-state index in [2.05, 4.69) is 107 Å². The zero-order chi connectivity index (χ0) is 30.6. The first kappa shape index (κ1) is 30.9. The van der Waals surface area contributed by atoms with Gasteiger partial charge in [-0.2, -0.15) is 0 Å². The van der Waals surface area contributed by atoms with Crippen molar-refractivity contribution in [3.63, 3.8) is 0 Å². The lowest BCUT2D eigenvalue weighted by molar-refractivity contribution is 0.221. The molecule has 226 valence electrons. The van der Waals surface area contributed by atoms with Gasteiger partial charge in [0.05, 0.1) is 0 Å². The Morgan fingerprint density at radius 2 is 1.09 bits per heavy atom. The summed E-state index contributed by atoms with van der Waals surface area (Å²) in [6.07, 6.45) is 10.3. The van der Waals surface area contributed by atoms with Crippen molar-refractivity contribution in [2.24, 2.45) is 5.92 Å². The number of hydrogen-bond donors (Lipinski definition) is 2. The molecule has 2 atom stereocenters. The van der Waals surface area contributed by atoms with Crippen LogP contribution in [0.5, 0.6) is 0 Å². The molecule has 4 aromatic carbocycles. The number of unbranched alkanes of at least 4 members (excludes halogenated alkanes) is 1. The molecule has 1 fully saturated rings. The summed E-state index contributed by atoms with van der Waals surface area (Å²) >= 11 is 0. The molecule has 0 aliphatic heterocycles. The van der Waals surface area contributed by atoms with E-state index in [9.17, 15) is 0 Å². The lowest BCUT2D eigenvalue weighted by Gasteiger charge is -2.44. The Morgan fingerprint density at radius 3 is 1.49 bits per heavy atom. The summed E-state index contributed by atoms with van der Waals surface area (Å²) in [7, 11) is 0. The molecular weight excluding hydrogens is 520 g/mol. The van der Waals surface area contributed by atoms with E-state index < -0.39 is 0 Å². The zero-order valence-electron chi connectivity index (χ0n) is 27.1. The van der Waals surface area contributed by atoms with Crippen LogP contribution in [0.2, 0.25) is 0 Å². The molecule has 2 heteroatoms. The molecule has 43 heavy (non-hydrogen) atoms. The van der Waals surface area contributed by atoms with Gasteiger partial charge < -0.3 is 11.5 Å². The highest BCUT2D eigenvalue weighted by Crippen LogP contribution is 2.50. The van der Waals surface area contributed by atoms with Crippen molar-refractivity contribution in [1.82, 2.24) is 0 Å². The second kappa shape index (κ2) is 13.4. The van der Waals surface area contributed by atoms with Crippen LogP contribution in [0.25, 0.3) is 0 Å². The Hall–Kier alpha value is -3.52. The largest absolute Gasteiger partial charge is 0.399 e. The number of rotatable bonds is 10. The fourth-order valence-electron chi connectivity index (χ4n) is 8.05. The number of nitrogens with two attached hydrogens (primary N) is 2. The molecule has 5 rings (SSSR count). The summed E-state index contributed by atoms with van der Waals surface area (Å²) in [4.78, 5) is 0. The number of hydrogen-bond acceptors (Lipinski definition) is 2. The van der Waals surface area contributed by atoms with E-state index in [0.717, 1.165) is 11.4 Å². The van der Waals surface area contributed by atoms with E-state index >= 15 is 0 Å². The van der Waals surface area contributed by atoms with Crippen molar-refractivity contribution in [2.45, 2.75) is 103 Å². The number of benzene rings is 4. The molecule has 1 saturated carbocycles. The van der Waals surface area contributed by atoms with E-state index in [1.54, 1.807) is 0 Å². The minimum Gasteiger partial charge on any atom is -0.399 e. The Kier molecular flexibility index (Phi) is 9.65. The van der Waals surface area contributed by atoms with Crippen LogP contribution in [0.4, 0.5) is 11.4 Å². The molecule has 4 aromatic rings. The average Bonchev–Trinajstić information content (AvgIpc) is 3.02. The topological polar surface area (TPSA) is 52.0 Å². The summed E-state index contributed by atoms with van der Waals surface area (Å²) < 4.78 is 0. The summed E-state index contributed by atoms with van der Waals surface area (Å²) in [5, 5.41) is 0. The molecule has 0 saturated heterocycles. The summed E-state index contributed by atoms with van der Waals surface area (Å²) in [6, 6.07) is 32.1. The smallest absolute Gasteiger partial charge is 0.0316 e. The molecule has 1 aliphatic rings. The van der Waals surface area contributed by atoms with Gasteiger partial charge in [0.2, 0.25) is 0 Å². The van der Waals surface area contributed by atoms with Gasteiger partial charge in [0.15, 0.2) is 0 Å². The highest BCUT2D eigenvalue weighted by atomic mass is 14.5. The monoisotopic (exact) mass is 572 g/mol. The van der Waals surface area contributed by atoms with Gasteiger partial charge in [-0.1, -0.05) is 114 Å². The lowest BCUT2D eigenvalue weighted by atomic mass is 9.59. The molecule has 0 aromatic heterocycles. The van der Waals surface area contributed by atoms with Gasteiger partial charge >= 0.3 is 0 Å². The zero-order valence-corrected chi connectivity index (χ0v) is 27.1. The molecule has 0 radical (unpaired) electrons. The first-order valence-corrected chi connectivity index (χ1v) is 16.7. The third-order valence-corrected chi connectivity index (χ3v) is 10.6. The Bertz CT molecular complexity index is 1390. The standard InChI is InChI=1S/C41H52N2/c1-6-7-25-41(34-11-9-8-10-12-34,35-17-13-32(14-18-35)30(4)39-23-21-37(42)26-28(39)2)36-19-15-33(16-20-36)31(5)40-24-22-38(43)27-29(40)3/h13-24,26-27,30-31,34H,6-12,25,42-43H2,1-5H3. The molecule has 2 unspecified atom stereocenters. The third-order valence-electron chi connectivity index (χ3n) is 10.6. The lowest BCUT2D eigenvalue weighted by Crippen LogP contribution is -2.38. The minimum absolute atomic E-state index is 0.0359. The highest BCUT2D eigenvalue weighted by Gasteiger charge is 2.41. The Morgan fingerprint density at radius 1 is 0.651 bits per heavy atom. The van der Waals surface area contributed by atoms with Crippen LogP contribution in [0.15, 0.2) is 84.9 Å². The van der Waals surface area contributed by atoms with Gasteiger partial charge in [0.1, 0.15) is 0 Å². The fraction of sp³-hybridized carbons (Fsp3) is 0.415. The van der Waals surface area contributed by atoms with Crippen LogP contribution >= 0.6 is 0 Å². The molecule has 2 nitrogen and oxygen atoms in total. The molecule has 0 heterocycles. The van der Waals surface area contributed by atoms with Gasteiger partial charge in [-0.15, -0.1) is 0 Å². The predicted molar refractivity (Wildman–Crippen MR) is 186 cm³/mol. The first-order chi connectivity index (χ1) is 20.7. The Balaban J connectivity index is 1.54. The maximum atomic E-state index is 6.06. The van der Waals surface area contributed by atoms with Gasteiger partial charge in [-0.25, -0.2) is 0 Å². The average molecular weight is 573 g/mol. The molecule has 0 amide bonds. The van der Waals surface area contributed by atoms with Crippen LogP contribution in [-0.4, -0.2) is 0 Å². The minimum atomic E-state index is 0.0359. The van der Waals surface area contributed by atoms with E-state index in [-0.39, 0.29) is 5.41 Å². The van der Waals surface area contributed by atoms with E-state index in [4.69, 9.17) is 11.5 Å². The highest BCUT2D eigenvalue weighted by molar-refractivity contribution is 5.50. The predicted octanol–water partition coefficient (Wildman–Crippen LogP) is 10.8. The van der Waals surface area contributed by atoms with Gasteiger partial charge in [-0.05, 0) is 108 Å². The maximum Gasteiger partial charge on any atom is 0.0316 e. The van der Waals surface area contributed by atoms with Crippen molar-refractivity contribution >= 4 is 11.4 Å². The maximum absolute atomic E-state index is 6.06. The normalized spacial score (nSPS) is 16.9. The fourth-order valence-corrected chi connectivity index (χ4v) is 8.05. The molecular formula is C41H52N2. The van der Waals surface area contributed by atoms with Gasteiger partial charge in [0.25, 0.3) is 0 Å². The second-order valence-corrected chi connectivity index (χ2v) is 13.3. The van der Waals surface area contributed by atoms with Crippen molar-refractivity contribution in [3.8, 4) is 0 Å². The van der Waals surface area contributed by atoms with Crippen LogP contribution in [0.1, 0.15) is 128 Å². The van der Waals surface area contributed by atoms with Gasteiger partial charge in [0, 0.05) is 28.6 Å². The number of aryl methyl sites for hydroxylation is 2. The Labute approximate surface area is 260 Å². The third kappa shape index (κ3) is 6.40. The first-order valence-electron chi connectivity index (χ1n) is 16.7. The van der Waals surface area contributed by atoms with Gasteiger partial charge in [-0.3, -0.25) is 0 Å². The molecule has 1 aliphatic carbocycles. The van der Waals surface area contributed by atoms with Crippen LogP contribution in [0.3, 0.4) is 0 Å². The van der Waals surface area contributed by atoms with E-state index in [1.165, 1.54) is 95.9 Å². The van der Waals surface area contributed by atoms with Crippen LogP contribution in [0, 0.1) is 19.8 Å². The SMILES string of the molecule is CCCCC(c1ccc(C(C)c2ccc(N)cc2C)cc1)(c1ccc(C(C)c2ccc(N)cc2C)cc1)C1CCCCC1. The molecule has 0 bridgehead atoms. The van der Waals surface area contributed by atoms with Crippen molar-refractivity contribution in [3.05, 3.63) is 129 Å². The van der Waals surface area contributed by atoms with Crippen LogP contribution < -0.4 is 11.5 Å². The summed E-state index contributed by atoms with van der Waals surface area (Å²) in [6.45, 7) is 11.3. The van der Waals surface area contributed by atoms with E-state index in [0.29, 0.717) is 17.8 Å². The quantitative estimate of drug-likeness (QED) is 0.186. The summed E-state index contributed by atoms with van der Waals surface area (Å²) in [5.74, 6) is 1.32. The number of anilines is 2.